The van der Waals surface area contributed by atoms with Gasteiger partial charge in [0, 0.05) is 62.7 Å². The number of anilines is 1. The van der Waals surface area contributed by atoms with E-state index in [1.54, 1.807) is 4.57 Å². The van der Waals surface area contributed by atoms with E-state index >= 15 is 0 Å². The Labute approximate surface area is 177 Å². The molecule has 1 saturated heterocycles. The Kier molecular flexibility index (Phi) is 4.61. The molecule has 1 fully saturated rings. The summed E-state index contributed by atoms with van der Waals surface area (Å²) in [5.74, 6) is -1.99. The van der Waals surface area contributed by atoms with Crippen molar-refractivity contribution in [3.63, 3.8) is 0 Å². The number of alkyl halides is 2. The summed E-state index contributed by atoms with van der Waals surface area (Å²) in [4.78, 5) is 23.3. The number of piperidine rings is 1. The standard InChI is InChI=1S/C20H24F2N6O3/c1-19(13-27-11-17(28(29)30)24-18(27)31-19)12-25-7-4-15-14(10-25)2-3-16(23-15)26-8-5-20(21,22)6-9-26/h2-3,11H,4-10,12-13H2,1H3/t19-/m0/s1. The van der Waals surface area contributed by atoms with Gasteiger partial charge in [-0.05, 0) is 23.5 Å². The van der Waals surface area contributed by atoms with Crippen LogP contribution in [-0.4, -0.2) is 62.1 Å². The number of nitrogens with zero attached hydrogens (tertiary/aromatic N) is 6. The number of nitro groups is 1. The van der Waals surface area contributed by atoms with Crippen LogP contribution in [0.5, 0.6) is 6.01 Å². The Morgan fingerprint density at radius 3 is 2.71 bits per heavy atom. The molecule has 0 aliphatic carbocycles. The summed E-state index contributed by atoms with van der Waals surface area (Å²) in [7, 11) is 0. The first kappa shape index (κ1) is 20.1. The minimum atomic E-state index is -2.56. The molecule has 0 radical (unpaired) electrons. The van der Waals surface area contributed by atoms with Gasteiger partial charge in [-0.15, -0.1) is 0 Å². The summed E-state index contributed by atoms with van der Waals surface area (Å²) in [5, 5.41) is 10.9. The highest BCUT2D eigenvalue weighted by atomic mass is 19.3. The molecule has 11 heteroatoms. The number of ether oxygens (including phenoxy) is 1. The summed E-state index contributed by atoms with van der Waals surface area (Å²) < 4.78 is 34.5. The molecule has 2 aromatic heterocycles. The predicted octanol–water partition coefficient (Wildman–Crippen LogP) is 2.63. The van der Waals surface area contributed by atoms with Crippen LogP contribution in [0.15, 0.2) is 18.3 Å². The fraction of sp³-hybridized carbons (Fsp3) is 0.600. The molecule has 166 valence electrons. The lowest BCUT2D eigenvalue weighted by atomic mass is 10.0. The summed E-state index contributed by atoms with van der Waals surface area (Å²) in [6, 6.07) is 4.25. The van der Waals surface area contributed by atoms with Gasteiger partial charge < -0.3 is 19.8 Å². The average molecular weight is 434 g/mol. The van der Waals surface area contributed by atoms with Crippen molar-refractivity contribution >= 4 is 11.6 Å². The quantitative estimate of drug-likeness (QED) is 0.540. The van der Waals surface area contributed by atoms with Crippen LogP contribution >= 0.6 is 0 Å². The van der Waals surface area contributed by atoms with Crippen LogP contribution in [0.25, 0.3) is 0 Å². The van der Waals surface area contributed by atoms with E-state index in [0.29, 0.717) is 26.2 Å². The minimum absolute atomic E-state index is 0.126. The van der Waals surface area contributed by atoms with Crippen LogP contribution in [0.4, 0.5) is 20.4 Å². The van der Waals surface area contributed by atoms with Gasteiger partial charge in [-0.1, -0.05) is 6.07 Å². The molecule has 1 atom stereocenters. The van der Waals surface area contributed by atoms with Gasteiger partial charge in [-0.25, -0.2) is 13.8 Å². The number of imidazole rings is 1. The lowest BCUT2D eigenvalue weighted by Gasteiger charge is -2.35. The third-order valence-corrected chi connectivity index (χ3v) is 6.25. The van der Waals surface area contributed by atoms with Crippen molar-refractivity contribution in [1.29, 1.82) is 0 Å². The van der Waals surface area contributed by atoms with Crippen molar-refractivity contribution in [2.45, 2.75) is 50.8 Å². The second-order valence-electron chi connectivity index (χ2n) is 8.90. The average Bonchev–Trinajstić information content (AvgIpc) is 3.22. The highest BCUT2D eigenvalue weighted by Gasteiger charge is 2.42. The third kappa shape index (κ3) is 3.93. The van der Waals surface area contributed by atoms with E-state index in [0.717, 1.165) is 36.6 Å². The van der Waals surface area contributed by atoms with Gasteiger partial charge in [-0.2, -0.15) is 0 Å². The van der Waals surface area contributed by atoms with E-state index in [2.05, 4.69) is 9.88 Å². The molecule has 5 heterocycles. The predicted molar refractivity (Wildman–Crippen MR) is 108 cm³/mol. The second kappa shape index (κ2) is 7.11. The highest BCUT2D eigenvalue weighted by Crippen LogP contribution is 2.33. The Morgan fingerprint density at radius 2 is 2.00 bits per heavy atom. The number of halogens is 2. The second-order valence-corrected chi connectivity index (χ2v) is 8.90. The van der Waals surface area contributed by atoms with Crippen molar-refractivity contribution in [2.24, 2.45) is 0 Å². The maximum absolute atomic E-state index is 13.4. The first-order chi connectivity index (χ1) is 14.7. The van der Waals surface area contributed by atoms with Crippen LogP contribution in [0.3, 0.4) is 0 Å². The first-order valence-electron chi connectivity index (χ1n) is 10.4. The molecule has 0 amide bonds. The Morgan fingerprint density at radius 1 is 1.23 bits per heavy atom. The van der Waals surface area contributed by atoms with E-state index < -0.39 is 16.4 Å². The van der Waals surface area contributed by atoms with E-state index in [4.69, 9.17) is 9.72 Å². The molecule has 9 nitrogen and oxygen atoms in total. The number of aromatic nitrogens is 3. The molecule has 31 heavy (non-hydrogen) atoms. The molecule has 5 rings (SSSR count). The molecule has 3 aliphatic rings. The summed E-state index contributed by atoms with van der Waals surface area (Å²) in [6.07, 6.45) is 1.94. The molecular weight excluding hydrogens is 410 g/mol. The van der Waals surface area contributed by atoms with Gasteiger partial charge in [0.2, 0.25) is 0 Å². The number of fused-ring (bicyclic) bond motifs is 2. The van der Waals surface area contributed by atoms with Gasteiger partial charge in [0.05, 0.1) is 6.54 Å². The summed E-state index contributed by atoms with van der Waals surface area (Å²) in [5.41, 5.74) is 1.64. The third-order valence-electron chi connectivity index (χ3n) is 6.25. The van der Waals surface area contributed by atoms with Crippen LogP contribution in [0.2, 0.25) is 0 Å². The van der Waals surface area contributed by atoms with E-state index in [9.17, 15) is 18.9 Å². The highest BCUT2D eigenvalue weighted by molar-refractivity contribution is 5.43. The zero-order valence-corrected chi connectivity index (χ0v) is 17.3. The van der Waals surface area contributed by atoms with Crippen LogP contribution in [0.1, 0.15) is 31.0 Å². The number of rotatable bonds is 4. The Bertz CT molecular complexity index is 993. The zero-order chi connectivity index (χ0) is 21.8. The van der Waals surface area contributed by atoms with E-state index in [1.165, 1.54) is 6.20 Å². The molecule has 0 aromatic carbocycles. The molecular formula is C20H24F2N6O3. The molecule has 0 bridgehead atoms. The van der Waals surface area contributed by atoms with Crippen molar-refractivity contribution in [2.75, 3.05) is 31.1 Å². The fourth-order valence-corrected chi connectivity index (χ4v) is 4.67. The minimum Gasteiger partial charge on any atom is -0.436 e. The van der Waals surface area contributed by atoms with Crippen molar-refractivity contribution in [3.8, 4) is 6.01 Å². The lowest BCUT2D eigenvalue weighted by molar-refractivity contribution is -0.389. The maximum atomic E-state index is 13.4. The van der Waals surface area contributed by atoms with Crippen molar-refractivity contribution < 1.29 is 18.4 Å². The smallest absolute Gasteiger partial charge is 0.415 e. The fourth-order valence-electron chi connectivity index (χ4n) is 4.67. The van der Waals surface area contributed by atoms with Gasteiger partial charge in [-0.3, -0.25) is 9.47 Å². The number of pyridine rings is 1. The molecule has 2 aromatic rings. The molecule has 3 aliphatic heterocycles. The normalized spacial score (nSPS) is 25.1. The summed E-state index contributed by atoms with van der Waals surface area (Å²) >= 11 is 0. The molecule has 0 saturated carbocycles. The van der Waals surface area contributed by atoms with Gasteiger partial charge >= 0.3 is 11.8 Å². The monoisotopic (exact) mass is 434 g/mol. The van der Waals surface area contributed by atoms with Crippen molar-refractivity contribution in [3.05, 3.63) is 39.7 Å². The van der Waals surface area contributed by atoms with Crippen LogP contribution < -0.4 is 9.64 Å². The number of hydrogen-bond acceptors (Lipinski definition) is 7. The maximum Gasteiger partial charge on any atom is 0.415 e. The van der Waals surface area contributed by atoms with Gasteiger partial charge in [0.15, 0.2) is 0 Å². The molecule has 0 unspecified atom stereocenters. The first-order valence-corrected chi connectivity index (χ1v) is 10.4. The summed E-state index contributed by atoms with van der Waals surface area (Å²) in [6.45, 7) is 5.33. The van der Waals surface area contributed by atoms with Crippen LogP contribution in [-0.2, 0) is 19.5 Å². The van der Waals surface area contributed by atoms with Crippen LogP contribution in [0, 0.1) is 10.1 Å². The molecule has 0 N–H and O–H groups in total. The molecule has 0 spiro atoms. The topological polar surface area (TPSA) is 89.6 Å². The van der Waals surface area contributed by atoms with Gasteiger partial charge in [0.25, 0.3) is 5.92 Å². The SMILES string of the molecule is C[C@]1(CN2CCc3nc(N4CCC(F)(F)CC4)ccc3C2)Cn2cc([N+](=O)[O-])nc2O1. The van der Waals surface area contributed by atoms with E-state index in [-0.39, 0.29) is 24.7 Å². The lowest BCUT2D eigenvalue weighted by Crippen LogP contribution is -2.46. The number of hydrogen-bond donors (Lipinski definition) is 0. The van der Waals surface area contributed by atoms with Gasteiger partial charge in [0.1, 0.15) is 17.6 Å². The Balaban J connectivity index is 1.22. The van der Waals surface area contributed by atoms with E-state index in [1.807, 2.05) is 24.0 Å². The van der Waals surface area contributed by atoms with Crippen molar-refractivity contribution in [1.82, 2.24) is 19.4 Å². The largest absolute Gasteiger partial charge is 0.436 e. The zero-order valence-electron chi connectivity index (χ0n) is 17.3. The Hall–Kier alpha value is -2.82.